The first-order chi connectivity index (χ1) is 11.4. The first-order valence-electron chi connectivity index (χ1n) is 9.70. The molecule has 0 fully saturated rings. The van der Waals surface area contributed by atoms with Crippen LogP contribution in [0.5, 0.6) is 0 Å². The van der Waals surface area contributed by atoms with Gasteiger partial charge < -0.3 is 4.48 Å². The topological polar surface area (TPSA) is 0 Å². The number of nitrogens with zero attached hydrogens (tertiary/aromatic N) is 1. The molecule has 0 amide bonds. The highest BCUT2D eigenvalue weighted by Crippen LogP contribution is 2.24. The summed E-state index contributed by atoms with van der Waals surface area (Å²) in [6.45, 7) is 4.51. The third kappa shape index (κ3) is 9.91. The summed E-state index contributed by atoms with van der Waals surface area (Å²) >= 11 is 12.1. The number of hydrogen-bond acceptors (Lipinski definition) is 0. The summed E-state index contributed by atoms with van der Waals surface area (Å²) in [7, 11) is 4.60. The molecule has 3 heteroatoms. The Morgan fingerprint density at radius 2 is 1.29 bits per heavy atom. The minimum atomic E-state index is 0.639. The molecule has 0 saturated carbocycles. The zero-order chi connectivity index (χ0) is 17.8. The van der Waals surface area contributed by atoms with E-state index in [2.05, 4.69) is 27.1 Å². The first kappa shape index (κ1) is 21.8. The zero-order valence-corrected chi connectivity index (χ0v) is 17.4. The van der Waals surface area contributed by atoms with Gasteiger partial charge in [0.05, 0.1) is 30.7 Å². The van der Waals surface area contributed by atoms with Gasteiger partial charge in [0.25, 0.3) is 0 Å². The summed E-state index contributed by atoms with van der Waals surface area (Å²) in [5.41, 5.74) is 1.27. The standard InChI is InChI=1S/C21H36Cl2N/c1-4-5-6-7-8-9-10-11-12-13-16-24(2,3)18-19-14-15-20(22)21(23)17-19/h14-15,17H,4-13,16,18H2,1-3H3/q+1. The monoisotopic (exact) mass is 372 g/mol. The average molecular weight is 373 g/mol. The van der Waals surface area contributed by atoms with Crippen molar-refractivity contribution >= 4 is 23.2 Å². The van der Waals surface area contributed by atoms with E-state index in [0.717, 1.165) is 11.0 Å². The molecule has 0 unspecified atom stereocenters. The van der Waals surface area contributed by atoms with Gasteiger partial charge in [-0.1, -0.05) is 87.6 Å². The second-order valence-corrected chi connectivity index (χ2v) is 8.56. The fourth-order valence-corrected chi connectivity index (χ4v) is 3.56. The Kier molecular flexibility index (Phi) is 11.1. The van der Waals surface area contributed by atoms with Gasteiger partial charge in [0, 0.05) is 5.56 Å². The van der Waals surface area contributed by atoms with Crippen molar-refractivity contribution in [2.45, 2.75) is 77.7 Å². The van der Waals surface area contributed by atoms with E-state index in [0.29, 0.717) is 10.0 Å². The molecule has 24 heavy (non-hydrogen) atoms. The van der Waals surface area contributed by atoms with Gasteiger partial charge in [0.2, 0.25) is 0 Å². The predicted molar refractivity (Wildman–Crippen MR) is 109 cm³/mol. The Hall–Kier alpha value is -0.240. The third-order valence-corrected chi connectivity index (χ3v) is 5.45. The number of unbranched alkanes of at least 4 members (excludes halogenated alkanes) is 9. The van der Waals surface area contributed by atoms with Crippen molar-refractivity contribution in [2.24, 2.45) is 0 Å². The molecule has 0 bridgehead atoms. The van der Waals surface area contributed by atoms with Gasteiger partial charge in [0.1, 0.15) is 6.54 Å². The van der Waals surface area contributed by atoms with Crippen LogP contribution in [-0.4, -0.2) is 25.1 Å². The summed E-state index contributed by atoms with van der Waals surface area (Å²) in [5.74, 6) is 0. The van der Waals surface area contributed by atoms with Crippen molar-refractivity contribution in [1.82, 2.24) is 0 Å². The molecule has 1 aromatic rings. The number of benzene rings is 1. The maximum Gasteiger partial charge on any atom is 0.104 e. The highest BCUT2D eigenvalue weighted by molar-refractivity contribution is 6.42. The van der Waals surface area contributed by atoms with E-state index in [9.17, 15) is 0 Å². The van der Waals surface area contributed by atoms with Crippen molar-refractivity contribution in [3.8, 4) is 0 Å². The second-order valence-electron chi connectivity index (χ2n) is 7.75. The van der Waals surface area contributed by atoms with Gasteiger partial charge in [-0.3, -0.25) is 0 Å². The van der Waals surface area contributed by atoms with Crippen LogP contribution in [0.4, 0.5) is 0 Å². The van der Waals surface area contributed by atoms with Gasteiger partial charge in [-0.05, 0) is 25.0 Å². The maximum atomic E-state index is 6.12. The molecule has 1 aromatic carbocycles. The molecule has 138 valence electrons. The fraction of sp³-hybridized carbons (Fsp3) is 0.714. The van der Waals surface area contributed by atoms with Crippen LogP contribution in [0.15, 0.2) is 18.2 Å². The lowest BCUT2D eigenvalue weighted by atomic mass is 10.1. The van der Waals surface area contributed by atoms with E-state index in [1.165, 1.54) is 76.3 Å². The fourth-order valence-electron chi connectivity index (χ4n) is 3.24. The zero-order valence-electron chi connectivity index (χ0n) is 15.9. The third-order valence-electron chi connectivity index (χ3n) is 4.71. The van der Waals surface area contributed by atoms with E-state index >= 15 is 0 Å². The Morgan fingerprint density at radius 3 is 1.83 bits per heavy atom. The van der Waals surface area contributed by atoms with Crippen LogP contribution in [0.25, 0.3) is 0 Å². The van der Waals surface area contributed by atoms with Crippen LogP contribution in [-0.2, 0) is 6.54 Å². The van der Waals surface area contributed by atoms with Crippen LogP contribution in [0, 0.1) is 0 Å². The second kappa shape index (κ2) is 12.2. The predicted octanol–water partition coefficient (Wildman–Crippen LogP) is 7.49. The first-order valence-corrected chi connectivity index (χ1v) is 10.5. The lowest BCUT2D eigenvalue weighted by molar-refractivity contribution is -0.903. The van der Waals surface area contributed by atoms with Crippen LogP contribution < -0.4 is 0 Å². The van der Waals surface area contributed by atoms with Crippen molar-refractivity contribution in [2.75, 3.05) is 20.6 Å². The number of rotatable bonds is 13. The van der Waals surface area contributed by atoms with Gasteiger partial charge in [-0.25, -0.2) is 0 Å². The molecule has 0 N–H and O–H groups in total. The minimum Gasteiger partial charge on any atom is -0.325 e. The normalized spacial score (nSPS) is 11.9. The quantitative estimate of drug-likeness (QED) is 0.248. The Balaban J connectivity index is 2.11. The summed E-state index contributed by atoms with van der Waals surface area (Å²) < 4.78 is 1.01. The molecule has 0 aromatic heterocycles. The Bertz CT molecular complexity index is 457. The SMILES string of the molecule is CCCCCCCCCCCC[N+](C)(C)Cc1ccc(Cl)c(Cl)c1. The van der Waals surface area contributed by atoms with E-state index in [-0.39, 0.29) is 0 Å². The van der Waals surface area contributed by atoms with Crippen LogP contribution in [0.2, 0.25) is 10.0 Å². The van der Waals surface area contributed by atoms with Gasteiger partial charge >= 0.3 is 0 Å². The highest BCUT2D eigenvalue weighted by Gasteiger charge is 2.16. The van der Waals surface area contributed by atoms with E-state index in [4.69, 9.17) is 23.2 Å². The molecular weight excluding hydrogens is 337 g/mol. The van der Waals surface area contributed by atoms with E-state index in [1.54, 1.807) is 0 Å². The van der Waals surface area contributed by atoms with Crippen molar-refractivity contribution in [3.05, 3.63) is 33.8 Å². The summed E-state index contributed by atoms with van der Waals surface area (Å²) in [6.07, 6.45) is 13.9. The Labute approximate surface area is 159 Å². The molecule has 1 nitrogen and oxygen atoms in total. The highest BCUT2D eigenvalue weighted by atomic mass is 35.5. The molecule has 0 atom stereocenters. The number of quaternary nitrogens is 1. The maximum absolute atomic E-state index is 6.12. The molecule has 0 saturated heterocycles. The van der Waals surface area contributed by atoms with E-state index < -0.39 is 0 Å². The molecule has 0 heterocycles. The van der Waals surface area contributed by atoms with Crippen molar-refractivity contribution in [3.63, 3.8) is 0 Å². The molecule has 0 aliphatic rings. The summed E-state index contributed by atoms with van der Waals surface area (Å²) in [5, 5.41) is 1.30. The summed E-state index contributed by atoms with van der Waals surface area (Å²) in [4.78, 5) is 0. The molecule has 0 radical (unpaired) electrons. The minimum absolute atomic E-state index is 0.639. The van der Waals surface area contributed by atoms with Crippen LogP contribution in [0.1, 0.15) is 76.7 Å². The number of halogens is 2. The molecule has 0 aliphatic heterocycles. The van der Waals surface area contributed by atoms with Gasteiger partial charge in [-0.2, -0.15) is 0 Å². The molecule has 0 spiro atoms. The molecule has 1 rings (SSSR count). The average Bonchev–Trinajstić information content (AvgIpc) is 2.52. The number of hydrogen-bond donors (Lipinski definition) is 0. The molecule has 0 aliphatic carbocycles. The van der Waals surface area contributed by atoms with Gasteiger partial charge in [-0.15, -0.1) is 0 Å². The van der Waals surface area contributed by atoms with Gasteiger partial charge in [0.15, 0.2) is 0 Å². The lowest BCUT2D eigenvalue weighted by Crippen LogP contribution is -2.39. The summed E-state index contributed by atoms with van der Waals surface area (Å²) in [6, 6.07) is 5.99. The lowest BCUT2D eigenvalue weighted by Gasteiger charge is -2.30. The smallest absolute Gasteiger partial charge is 0.104 e. The van der Waals surface area contributed by atoms with Crippen LogP contribution >= 0.6 is 23.2 Å². The van der Waals surface area contributed by atoms with E-state index in [1.807, 2.05) is 12.1 Å². The largest absolute Gasteiger partial charge is 0.325 e. The molecular formula is C21H36Cl2N+. The van der Waals surface area contributed by atoms with Crippen molar-refractivity contribution in [1.29, 1.82) is 0 Å². The van der Waals surface area contributed by atoms with Crippen molar-refractivity contribution < 1.29 is 4.48 Å². The Morgan fingerprint density at radius 1 is 0.750 bits per heavy atom. The van der Waals surface area contributed by atoms with Crippen LogP contribution in [0.3, 0.4) is 0 Å².